The largest absolute Gasteiger partial charge is 0.493 e. The summed E-state index contributed by atoms with van der Waals surface area (Å²) in [6.07, 6.45) is 1.53. The van der Waals surface area contributed by atoms with Gasteiger partial charge in [-0.15, -0.1) is 0 Å². The second-order valence-electron chi connectivity index (χ2n) is 6.51. The van der Waals surface area contributed by atoms with Gasteiger partial charge in [-0.1, -0.05) is 0 Å². The molecule has 0 N–H and O–H groups in total. The maximum absolute atomic E-state index is 12.5. The lowest BCUT2D eigenvalue weighted by molar-refractivity contribution is 0.0734. The van der Waals surface area contributed by atoms with E-state index in [2.05, 4.69) is 0 Å². The molecule has 4 rings (SSSR count). The molecule has 1 aromatic heterocycles. The van der Waals surface area contributed by atoms with Crippen LogP contribution < -0.4 is 18.9 Å². The molecular formula is C23H18O7. The Balaban J connectivity index is 1.54. The highest BCUT2D eigenvalue weighted by Crippen LogP contribution is 2.35. The van der Waals surface area contributed by atoms with Crippen molar-refractivity contribution in [3.05, 3.63) is 76.9 Å². The number of carbonyl (C=O) groups is 2. The van der Waals surface area contributed by atoms with Crippen molar-refractivity contribution < 1.29 is 33.0 Å². The maximum Gasteiger partial charge on any atom is 0.343 e. The molecule has 152 valence electrons. The van der Waals surface area contributed by atoms with Crippen LogP contribution >= 0.6 is 0 Å². The Morgan fingerprint density at radius 1 is 0.967 bits per heavy atom. The van der Waals surface area contributed by atoms with Crippen LogP contribution in [0.2, 0.25) is 0 Å². The topological polar surface area (TPSA) is 84.2 Å². The number of aryl methyl sites for hydroxylation is 1. The van der Waals surface area contributed by atoms with E-state index >= 15 is 0 Å². The number of methoxy groups -OCH3 is 2. The minimum absolute atomic E-state index is 0.141. The predicted octanol–water partition coefficient (Wildman–Crippen LogP) is 4.44. The second kappa shape index (κ2) is 7.79. The van der Waals surface area contributed by atoms with Gasteiger partial charge in [0.2, 0.25) is 5.78 Å². The average Bonchev–Trinajstić information content (AvgIpc) is 3.30. The number of allylic oxidation sites excluding steroid dienone is 1. The summed E-state index contributed by atoms with van der Waals surface area (Å²) in [5.41, 5.74) is 0.675. The smallest absolute Gasteiger partial charge is 0.343 e. The van der Waals surface area contributed by atoms with Gasteiger partial charge >= 0.3 is 5.97 Å². The minimum atomic E-state index is -0.581. The molecule has 3 aromatic rings. The first-order chi connectivity index (χ1) is 14.5. The summed E-state index contributed by atoms with van der Waals surface area (Å²) in [5, 5.41) is 0. The molecule has 7 heteroatoms. The van der Waals surface area contributed by atoms with Crippen molar-refractivity contribution in [2.75, 3.05) is 14.2 Å². The summed E-state index contributed by atoms with van der Waals surface area (Å²) in [6.45, 7) is 1.81. The van der Waals surface area contributed by atoms with Crippen molar-refractivity contribution in [2.24, 2.45) is 0 Å². The number of hydrogen-bond donors (Lipinski definition) is 0. The van der Waals surface area contributed by atoms with E-state index in [9.17, 15) is 9.59 Å². The molecule has 0 bridgehead atoms. The molecule has 0 unspecified atom stereocenters. The van der Waals surface area contributed by atoms with Gasteiger partial charge in [-0.25, -0.2) is 4.79 Å². The van der Waals surface area contributed by atoms with Crippen molar-refractivity contribution in [2.45, 2.75) is 6.92 Å². The molecule has 1 aliphatic heterocycles. The summed E-state index contributed by atoms with van der Waals surface area (Å²) in [6, 6.07) is 12.9. The lowest BCUT2D eigenvalue weighted by Gasteiger charge is -2.09. The lowest BCUT2D eigenvalue weighted by atomic mass is 10.1. The van der Waals surface area contributed by atoms with Gasteiger partial charge in [0.15, 0.2) is 17.3 Å². The third-order valence-electron chi connectivity index (χ3n) is 4.51. The average molecular weight is 406 g/mol. The van der Waals surface area contributed by atoms with Gasteiger partial charge in [0.25, 0.3) is 0 Å². The highest BCUT2D eigenvalue weighted by Gasteiger charge is 2.28. The van der Waals surface area contributed by atoms with E-state index < -0.39 is 5.97 Å². The zero-order valence-electron chi connectivity index (χ0n) is 16.6. The van der Waals surface area contributed by atoms with Crippen LogP contribution in [0, 0.1) is 6.92 Å². The minimum Gasteiger partial charge on any atom is -0.493 e. The van der Waals surface area contributed by atoms with Gasteiger partial charge in [0.05, 0.1) is 25.3 Å². The van der Waals surface area contributed by atoms with Crippen molar-refractivity contribution >= 4 is 17.8 Å². The molecule has 0 aliphatic carbocycles. The van der Waals surface area contributed by atoms with Crippen LogP contribution in [0.3, 0.4) is 0 Å². The van der Waals surface area contributed by atoms with Crippen LogP contribution in [-0.4, -0.2) is 26.0 Å². The van der Waals surface area contributed by atoms with Crippen LogP contribution in [0.5, 0.6) is 23.0 Å². The summed E-state index contributed by atoms with van der Waals surface area (Å²) < 4.78 is 26.9. The zero-order valence-corrected chi connectivity index (χ0v) is 16.6. The fourth-order valence-electron chi connectivity index (χ4n) is 3.02. The number of fused-ring (bicyclic) bond motifs is 1. The van der Waals surface area contributed by atoms with E-state index in [4.69, 9.17) is 23.4 Å². The number of benzene rings is 2. The van der Waals surface area contributed by atoms with Gasteiger partial charge in [-0.05, 0) is 49.4 Å². The molecule has 0 fully saturated rings. The number of carbonyl (C=O) groups excluding carboxylic acids is 2. The first-order valence-corrected chi connectivity index (χ1v) is 9.07. The van der Waals surface area contributed by atoms with Crippen molar-refractivity contribution in [1.29, 1.82) is 0 Å². The van der Waals surface area contributed by atoms with E-state index in [1.165, 1.54) is 32.4 Å². The lowest BCUT2D eigenvalue weighted by Crippen LogP contribution is -2.09. The molecule has 0 saturated heterocycles. The Hall–Kier alpha value is -4.00. The van der Waals surface area contributed by atoms with E-state index in [0.29, 0.717) is 34.1 Å². The highest BCUT2D eigenvalue weighted by atomic mass is 16.5. The van der Waals surface area contributed by atoms with Crippen molar-refractivity contribution in [3.63, 3.8) is 0 Å². The third-order valence-corrected chi connectivity index (χ3v) is 4.51. The van der Waals surface area contributed by atoms with Crippen LogP contribution in [-0.2, 0) is 0 Å². The van der Waals surface area contributed by atoms with Crippen molar-refractivity contribution in [1.82, 2.24) is 0 Å². The summed E-state index contributed by atoms with van der Waals surface area (Å²) in [4.78, 5) is 25.0. The van der Waals surface area contributed by atoms with Gasteiger partial charge in [0.1, 0.15) is 23.0 Å². The highest BCUT2D eigenvalue weighted by molar-refractivity contribution is 6.14. The first kappa shape index (κ1) is 19.3. The van der Waals surface area contributed by atoms with Crippen molar-refractivity contribution in [3.8, 4) is 23.0 Å². The number of furan rings is 1. The van der Waals surface area contributed by atoms with Gasteiger partial charge in [0, 0.05) is 12.1 Å². The van der Waals surface area contributed by atoms with E-state index in [1.54, 1.807) is 36.4 Å². The van der Waals surface area contributed by atoms with Crippen LogP contribution in [0.1, 0.15) is 32.2 Å². The fraction of sp³-hybridized carbons (Fsp3) is 0.130. The van der Waals surface area contributed by atoms with E-state index in [-0.39, 0.29) is 17.3 Å². The van der Waals surface area contributed by atoms with Gasteiger partial charge < -0.3 is 23.4 Å². The number of hydrogen-bond acceptors (Lipinski definition) is 7. The molecule has 2 heterocycles. The first-order valence-electron chi connectivity index (χ1n) is 9.07. The number of Topliss-reactive ketones (excluding diaryl/α,β-unsaturated/α-hetero) is 1. The molecule has 0 atom stereocenters. The molecule has 0 radical (unpaired) electrons. The molecule has 0 saturated carbocycles. The molecule has 0 spiro atoms. The Bertz CT molecular complexity index is 1170. The summed E-state index contributed by atoms with van der Waals surface area (Å²) in [5.74, 6) is 2.02. The number of ketones is 1. The quantitative estimate of drug-likeness (QED) is 0.352. The molecular weight excluding hydrogens is 388 g/mol. The maximum atomic E-state index is 12.5. The summed E-state index contributed by atoms with van der Waals surface area (Å²) in [7, 11) is 2.99. The molecule has 0 amide bonds. The Labute approximate surface area is 172 Å². The standard InChI is InChI=1S/C23H18O7/c1-13-4-6-15(28-13)12-21-22(24)17-8-7-16(11-19(17)30-21)29-23(25)14-5-9-18(26-2)20(10-14)27-3/h4-12H,1-3H3/b21-12+. The molecule has 7 nitrogen and oxygen atoms in total. The number of ether oxygens (including phenoxy) is 4. The van der Waals surface area contributed by atoms with Crippen LogP contribution in [0.25, 0.3) is 6.08 Å². The number of esters is 1. The van der Waals surface area contributed by atoms with Gasteiger partial charge in [-0.3, -0.25) is 4.79 Å². The van der Waals surface area contributed by atoms with Crippen LogP contribution in [0.4, 0.5) is 0 Å². The predicted molar refractivity (Wildman–Crippen MR) is 107 cm³/mol. The Kier molecular flexibility index (Phi) is 5.02. The zero-order chi connectivity index (χ0) is 21.3. The monoisotopic (exact) mass is 406 g/mol. The Morgan fingerprint density at radius 2 is 1.77 bits per heavy atom. The Morgan fingerprint density at radius 3 is 2.47 bits per heavy atom. The van der Waals surface area contributed by atoms with E-state index in [1.807, 2.05) is 6.92 Å². The SMILES string of the molecule is COc1ccc(C(=O)Oc2ccc3c(c2)O/C(=C/c2ccc(C)o2)C3=O)cc1OC. The summed E-state index contributed by atoms with van der Waals surface area (Å²) >= 11 is 0. The molecule has 2 aromatic carbocycles. The van der Waals surface area contributed by atoms with E-state index in [0.717, 1.165) is 5.76 Å². The molecule has 1 aliphatic rings. The second-order valence-corrected chi connectivity index (χ2v) is 6.51. The third kappa shape index (κ3) is 3.65. The molecule has 30 heavy (non-hydrogen) atoms. The fourth-order valence-corrected chi connectivity index (χ4v) is 3.02. The normalized spacial score (nSPS) is 13.7. The number of rotatable bonds is 5. The van der Waals surface area contributed by atoms with Crippen LogP contribution in [0.15, 0.2) is 58.7 Å². The van der Waals surface area contributed by atoms with Gasteiger partial charge in [-0.2, -0.15) is 0 Å².